The summed E-state index contributed by atoms with van der Waals surface area (Å²) in [6.45, 7) is 12.0. The van der Waals surface area contributed by atoms with Gasteiger partial charge in [0.2, 0.25) is 5.91 Å². The number of pyridine rings is 1. The van der Waals surface area contributed by atoms with Crippen LogP contribution < -0.4 is 4.90 Å². The first kappa shape index (κ1) is 24.2. The molecule has 0 fully saturated rings. The van der Waals surface area contributed by atoms with E-state index in [0.29, 0.717) is 0 Å². The van der Waals surface area contributed by atoms with E-state index in [1.165, 1.54) is 6.08 Å². The van der Waals surface area contributed by atoms with Crippen LogP contribution in [0.3, 0.4) is 0 Å². The van der Waals surface area contributed by atoms with Crippen LogP contribution in [0.5, 0.6) is 0 Å². The molecule has 0 saturated heterocycles. The molecule has 0 aliphatic carbocycles. The third-order valence-electron chi connectivity index (χ3n) is 7.34. The Kier molecular flexibility index (Phi) is 5.82. The lowest BCUT2D eigenvalue weighted by atomic mass is 9.90. The van der Waals surface area contributed by atoms with E-state index in [4.69, 9.17) is 4.98 Å². The fourth-order valence-corrected chi connectivity index (χ4v) is 5.25. The minimum absolute atomic E-state index is 0.151. The number of amides is 1. The molecular formula is C29H31N7O. The number of fused-ring (bicyclic) bond motifs is 1. The van der Waals surface area contributed by atoms with E-state index in [2.05, 4.69) is 54.7 Å². The lowest BCUT2D eigenvalue weighted by molar-refractivity contribution is -0.113. The predicted molar refractivity (Wildman–Crippen MR) is 148 cm³/mol. The number of nitrogens with zero attached hydrogens (tertiary/aromatic N) is 6. The zero-order valence-electron chi connectivity index (χ0n) is 22.3. The lowest BCUT2D eigenvalue weighted by Crippen LogP contribution is -2.25. The minimum atomic E-state index is -0.151. The molecule has 0 atom stereocenters. The van der Waals surface area contributed by atoms with Gasteiger partial charge < -0.3 is 9.88 Å². The molecule has 188 valence electrons. The Bertz CT molecular complexity index is 1700. The number of anilines is 1. The molecule has 0 bridgehead atoms. The van der Waals surface area contributed by atoms with Crippen molar-refractivity contribution in [3.8, 4) is 33.5 Å². The third-order valence-corrected chi connectivity index (χ3v) is 7.34. The molecule has 1 amide bonds. The maximum Gasteiger partial charge on any atom is 0.250 e. The average molecular weight is 494 g/mol. The summed E-state index contributed by atoms with van der Waals surface area (Å²) in [5, 5.41) is 9.91. The average Bonchev–Trinajstić information content (AvgIpc) is 3.56. The highest BCUT2D eigenvalue weighted by Gasteiger charge is 2.25. The van der Waals surface area contributed by atoms with E-state index >= 15 is 0 Å². The monoisotopic (exact) mass is 493 g/mol. The first-order valence-electron chi connectivity index (χ1n) is 12.1. The summed E-state index contributed by atoms with van der Waals surface area (Å²) in [7, 11) is 5.64. The standard InChI is InChI=1S/C29H31N7O/c1-9-24(37)35(7)28-16(2)10-11-21(18(28)4)26-25-17(3)22(23-14-32-36(8)19(23)5)13-30-29(25)33-27(26)20-12-31-34(6)15-20/h9-15H,1H2,2-8H3,(H,30,33). The molecule has 0 radical (unpaired) electrons. The van der Waals surface area contributed by atoms with E-state index in [1.807, 2.05) is 50.5 Å². The Hall–Kier alpha value is -4.46. The van der Waals surface area contributed by atoms with Gasteiger partial charge in [0.05, 0.1) is 23.8 Å². The minimum Gasteiger partial charge on any atom is -0.339 e. The second-order valence-corrected chi connectivity index (χ2v) is 9.57. The van der Waals surface area contributed by atoms with Crippen LogP contribution in [0.25, 0.3) is 44.5 Å². The fraction of sp³-hybridized carbons (Fsp3) is 0.241. The van der Waals surface area contributed by atoms with E-state index in [1.54, 1.807) is 16.6 Å². The van der Waals surface area contributed by atoms with Gasteiger partial charge in [-0.05, 0) is 56.0 Å². The number of hydrogen-bond acceptors (Lipinski definition) is 4. The third kappa shape index (κ3) is 3.76. The summed E-state index contributed by atoms with van der Waals surface area (Å²) in [6, 6.07) is 4.19. The van der Waals surface area contributed by atoms with E-state index in [0.717, 1.165) is 72.6 Å². The van der Waals surface area contributed by atoms with Crippen molar-refractivity contribution in [2.45, 2.75) is 27.7 Å². The van der Waals surface area contributed by atoms with Crippen LogP contribution >= 0.6 is 0 Å². The predicted octanol–water partition coefficient (Wildman–Crippen LogP) is 5.41. The molecule has 4 aromatic heterocycles. The van der Waals surface area contributed by atoms with Gasteiger partial charge in [0.25, 0.3) is 0 Å². The summed E-state index contributed by atoms with van der Waals surface area (Å²) in [5.74, 6) is -0.151. The zero-order chi connectivity index (χ0) is 26.6. The molecule has 8 heteroatoms. The zero-order valence-corrected chi connectivity index (χ0v) is 22.3. The highest BCUT2D eigenvalue weighted by Crippen LogP contribution is 2.44. The summed E-state index contributed by atoms with van der Waals surface area (Å²) in [6.07, 6.45) is 9.00. The SMILES string of the molecule is C=CC(=O)N(C)c1c(C)ccc(-c2c(-c3cnn(C)c3)[nH]c3ncc(-c4cnn(C)c4C)c(C)c23)c1C. The second kappa shape index (κ2) is 8.89. The first-order chi connectivity index (χ1) is 17.6. The maximum atomic E-state index is 12.6. The molecule has 4 heterocycles. The molecule has 5 aromatic rings. The number of aryl methyl sites for hydroxylation is 4. The number of aromatic nitrogens is 6. The molecule has 0 saturated carbocycles. The Balaban J connectivity index is 1.87. The van der Waals surface area contributed by atoms with Crippen LogP contribution in [0.2, 0.25) is 0 Å². The van der Waals surface area contributed by atoms with Crippen molar-refractivity contribution in [3.63, 3.8) is 0 Å². The molecule has 0 aliphatic heterocycles. The van der Waals surface area contributed by atoms with Crippen molar-refractivity contribution in [1.82, 2.24) is 29.5 Å². The number of rotatable bonds is 5. The summed E-state index contributed by atoms with van der Waals surface area (Å²) in [4.78, 5) is 22.7. The van der Waals surface area contributed by atoms with Gasteiger partial charge in [0.15, 0.2) is 0 Å². The van der Waals surface area contributed by atoms with Gasteiger partial charge in [-0.2, -0.15) is 10.2 Å². The molecule has 0 aliphatic rings. The number of aromatic amines is 1. The van der Waals surface area contributed by atoms with Crippen LogP contribution in [0.15, 0.2) is 49.6 Å². The van der Waals surface area contributed by atoms with Crippen molar-refractivity contribution in [2.24, 2.45) is 14.1 Å². The Morgan fingerprint density at radius 2 is 1.76 bits per heavy atom. The van der Waals surface area contributed by atoms with Gasteiger partial charge in [-0.25, -0.2) is 4.98 Å². The second-order valence-electron chi connectivity index (χ2n) is 9.57. The smallest absolute Gasteiger partial charge is 0.250 e. The number of H-pyrrole nitrogens is 1. The van der Waals surface area contributed by atoms with Gasteiger partial charge in [0.1, 0.15) is 5.65 Å². The summed E-state index contributed by atoms with van der Waals surface area (Å²) in [5.41, 5.74) is 11.9. The Morgan fingerprint density at radius 3 is 2.38 bits per heavy atom. The fourth-order valence-electron chi connectivity index (χ4n) is 5.25. The quantitative estimate of drug-likeness (QED) is 0.332. The lowest BCUT2D eigenvalue weighted by Gasteiger charge is -2.23. The summed E-state index contributed by atoms with van der Waals surface area (Å²) < 4.78 is 3.67. The molecule has 1 aromatic carbocycles. The van der Waals surface area contributed by atoms with Gasteiger partial charge in [-0.3, -0.25) is 14.2 Å². The van der Waals surface area contributed by atoms with Gasteiger partial charge in [-0.1, -0.05) is 18.7 Å². The van der Waals surface area contributed by atoms with Crippen molar-refractivity contribution >= 4 is 22.6 Å². The molecule has 8 nitrogen and oxygen atoms in total. The number of benzene rings is 1. The molecule has 5 rings (SSSR count). The van der Waals surface area contributed by atoms with Crippen LogP contribution in [0.4, 0.5) is 5.69 Å². The van der Waals surface area contributed by atoms with Gasteiger partial charge >= 0.3 is 0 Å². The van der Waals surface area contributed by atoms with Crippen LogP contribution in [-0.4, -0.2) is 42.5 Å². The molecule has 1 N–H and O–H groups in total. The Morgan fingerprint density at radius 1 is 1.00 bits per heavy atom. The van der Waals surface area contributed by atoms with Crippen molar-refractivity contribution in [2.75, 3.05) is 11.9 Å². The number of nitrogens with one attached hydrogen (secondary N) is 1. The van der Waals surface area contributed by atoms with Crippen molar-refractivity contribution in [1.29, 1.82) is 0 Å². The number of likely N-dealkylation sites (N-methyl/N-ethyl adjacent to an activating group) is 1. The highest BCUT2D eigenvalue weighted by molar-refractivity contribution is 6.08. The Labute approximate surface area is 216 Å². The molecule has 0 spiro atoms. The van der Waals surface area contributed by atoms with Gasteiger partial charge in [-0.15, -0.1) is 0 Å². The number of hydrogen-bond donors (Lipinski definition) is 1. The topological polar surface area (TPSA) is 84.6 Å². The van der Waals surface area contributed by atoms with Crippen LogP contribution in [0, 0.1) is 27.7 Å². The van der Waals surface area contributed by atoms with Crippen LogP contribution in [0.1, 0.15) is 22.4 Å². The summed E-state index contributed by atoms with van der Waals surface area (Å²) >= 11 is 0. The van der Waals surface area contributed by atoms with Gasteiger partial charge in [0, 0.05) is 66.9 Å². The van der Waals surface area contributed by atoms with Crippen LogP contribution in [-0.2, 0) is 18.9 Å². The van der Waals surface area contributed by atoms with Crippen molar-refractivity contribution in [3.05, 3.63) is 72.0 Å². The highest BCUT2D eigenvalue weighted by atomic mass is 16.2. The van der Waals surface area contributed by atoms with E-state index in [-0.39, 0.29) is 5.91 Å². The molecule has 0 unspecified atom stereocenters. The normalized spacial score (nSPS) is 11.3. The first-order valence-corrected chi connectivity index (χ1v) is 12.1. The molecular weight excluding hydrogens is 462 g/mol. The largest absolute Gasteiger partial charge is 0.339 e. The van der Waals surface area contributed by atoms with Crippen molar-refractivity contribution < 1.29 is 4.79 Å². The number of carbonyl (C=O) groups excluding carboxylic acids is 1. The van der Waals surface area contributed by atoms with E-state index in [9.17, 15) is 4.79 Å². The maximum absolute atomic E-state index is 12.6. The van der Waals surface area contributed by atoms with E-state index < -0.39 is 0 Å². The number of carbonyl (C=O) groups is 1. The molecule has 37 heavy (non-hydrogen) atoms.